The molecular formula is C23H18ClFO4. The van der Waals surface area contributed by atoms with E-state index >= 15 is 0 Å². The lowest BCUT2D eigenvalue weighted by atomic mass is 10.1. The van der Waals surface area contributed by atoms with Crippen LogP contribution in [0.25, 0.3) is 6.08 Å². The molecule has 0 bridgehead atoms. The summed E-state index contributed by atoms with van der Waals surface area (Å²) in [5.41, 5.74) is 1.92. The van der Waals surface area contributed by atoms with E-state index in [1.54, 1.807) is 31.4 Å². The van der Waals surface area contributed by atoms with Crippen LogP contribution in [0.15, 0.2) is 66.7 Å². The number of carbonyl (C=O) groups is 1. The lowest BCUT2D eigenvalue weighted by Crippen LogP contribution is -2.00. The Balaban J connectivity index is 1.75. The van der Waals surface area contributed by atoms with E-state index < -0.39 is 5.82 Å². The fraction of sp³-hybridized carbons (Fsp3) is 0.0870. The minimum atomic E-state index is -0.514. The summed E-state index contributed by atoms with van der Waals surface area (Å²) in [6.07, 6.45) is 3.10. The Morgan fingerprint density at radius 3 is 2.69 bits per heavy atom. The number of ether oxygens (including phenoxy) is 2. The number of rotatable bonds is 7. The van der Waals surface area contributed by atoms with E-state index in [9.17, 15) is 14.3 Å². The molecule has 0 heterocycles. The Hall–Kier alpha value is -3.31. The zero-order chi connectivity index (χ0) is 20.8. The van der Waals surface area contributed by atoms with Crippen molar-refractivity contribution in [2.75, 3.05) is 7.11 Å². The molecule has 1 N–H and O–H groups in total. The van der Waals surface area contributed by atoms with Crippen molar-refractivity contribution in [2.45, 2.75) is 6.61 Å². The average Bonchev–Trinajstić information content (AvgIpc) is 2.73. The summed E-state index contributed by atoms with van der Waals surface area (Å²) in [4.78, 5) is 12.3. The maximum Gasteiger partial charge on any atom is 0.185 e. The molecule has 3 aromatic rings. The van der Waals surface area contributed by atoms with Crippen molar-refractivity contribution in [3.63, 3.8) is 0 Å². The average molecular weight is 413 g/mol. The van der Waals surface area contributed by atoms with Crippen molar-refractivity contribution < 1.29 is 23.8 Å². The normalized spacial score (nSPS) is 10.9. The van der Waals surface area contributed by atoms with Crippen molar-refractivity contribution in [1.82, 2.24) is 0 Å². The van der Waals surface area contributed by atoms with Gasteiger partial charge < -0.3 is 14.6 Å². The second-order valence-electron chi connectivity index (χ2n) is 6.18. The van der Waals surface area contributed by atoms with Gasteiger partial charge in [0.2, 0.25) is 0 Å². The van der Waals surface area contributed by atoms with Crippen molar-refractivity contribution in [2.24, 2.45) is 0 Å². The third-order valence-corrected chi connectivity index (χ3v) is 4.44. The van der Waals surface area contributed by atoms with Crippen LogP contribution < -0.4 is 9.47 Å². The molecule has 0 saturated carbocycles. The summed E-state index contributed by atoms with van der Waals surface area (Å²) >= 11 is 5.77. The monoisotopic (exact) mass is 412 g/mol. The van der Waals surface area contributed by atoms with Gasteiger partial charge in [0.15, 0.2) is 5.78 Å². The standard InChI is InChI=1S/C23H18ClFO4/c1-28-23-10-6-15(5-9-22(27)16-3-2-4-18(26)12-16)11-17(23)14-29-19-7-8-21(25)20(24)13-19/h2-13,26H,14H2,1H3/b9-5+. The molecule has 6 heteroatoms. The molecular weight excluding hydrogens is 395 g/mol. The number of allylic oxidation sites excluding steroid dienone is 1. The first-order valence-corrected chi connectivity index (χ1v) is 9.10. The minimum Gasteiger partial charge on any atom is -0.508 e. The summed E-state index contributed by atoms with van der Waals surface area (Å²) < 4.78 is 24.3. The van der Waals surface area contributed by atoms with E-state index in [4.69, 9.17) is 21.1 Å². The summed E-state index contributed by atoms with van der Waals surface area (Å²) in [5.74, 6) is 0.345. The molecule has 0 aromatic heterocycles. The zero-order valence-corrected chi connectivity index (χ0v) is 16.3. The highest BCUT2D eigenvalue weighted by Crippen LogP contribution is 2.25. The van der Waals surface area contributed by atoms with Crippen LogP contribution in [0.5, 0.6) is 17.2 Å². The number of phenols is 1. The number of aromatic hydroxyl groups is 1. The van der Waals surface area contributed by atoms with E-state index in [1.807, 2.05) is 12.1 Å². The van der Waals surface area contributed by atoms with Crippen molar-refractivity contribution >= 4 is 23.5 Å². The number of carbonyl (C=O) groups excluding carboxylic acids is 1. The van der Waals surface area contributed by atoms with E-state index in [-0.39, 0.29) is 23.2 Å². The van der Waals surface area contributed by atoms with Crippen molar-refractivity contribution in [3.8, 4) is 17.2 Å². The molecule has 0 aliphatic rings. The third-order valence-electron chi connectivity index (χ3n) is 4.15. The Labute approximate surface area is 172 Å². The highest BCUT2D eigenvalue weighted by Gasteiger charge is 2.08. The smallest absolute Gasteiger partial charge is 0.185 e. The Bertz CT molecular complexity index is 1060. The van der Waals surface area contributed by atoms with Gasteiger partial charge in [0.25, 0.3) is 0 Å². The molecule has 0 fully saturated rings. The topological polar surface area (TPSA) is 55.8 Å². The van der Waals surface area contributed by atoms with Gasteiger partial charge in [-0.15, -0.1) is 0 Å². The molecule has 0 amide bonds. The molecule has 0 aliphatic carbocycles. The molecule has 0 spiro atoms. The number of hydrogen-bond acceptors (Lipinski definition) is 4. The van der Waals surface area contributed by atoms with E-state index in [0.717, 1.165) is 11.1 Å². The van der Waals surface area contributed by atoms with Crippen LogP contribution in [0.3, 0.4) is 0 Å². The maximum atomic E-state index is 13.3. The number of phenolic OH excluding ortho intramolecular Hbond substituents is 1. The predicted molar refractivity (Wildman–Crippen MR) is 110 cm³/mol. The highest BCUT2D eigenvalue weighted by molar-refractivity contribution is 6.30. The van der Waals surface area contributed by atoms with Crippen LogP contribution in [0.2, 0.25) is 5.02 Å². The Morgan fingerprint density at radius 2 is 1.97 bits per heavy atom. The van der Waals surface area contributed by atoms with Crippen LogP contribution in [0.4, 0.5) is 4.39 Å². The van der Waals surface area contributed by atoms with Crippen LogP contribution in [0, 0.1) is 5.82 Å². The van der Waals surface area contributed by atoms with Gasteiger partial charge in [-0.2, -0.15) is 0 Å². The lowest BCUT2D eigenvalue weighted by Gasteiger charge is -2.11. The number of ketones is 1. The Morgan fingerprint density at radius 1 is 1.14 bits per heavy atom. The van der Waals surface area contributed by atoms with Gasteiger partial charge in [-0.3, -0.25) is 4.79 Å². The quantitative estimate of drug-likeness (QED) is 0.401. The molecule has 148 valence electrons. The van der Waals surface area contributed by atoms with Gasteiger partial charge in [-0.05, 0) is 48.0 Å². The molecule has 29 heavy (non-hydrogen) atoms. The lowest BCUT2D eigenvalue weighted by molar-refractivity contribution is 0.104. The fourth-order valence-electron chi connectivity index (χ4n) is 2.67. The largest absolute Gasteiger partial charge is 0.508 e. The van der Waals surface area contributed by atoms with Crippen molar-refractivity contribution in [3.05, 3.63) is 94.3 Å². The second-order valence-corrected chi connectivity index (χ2v) is 6.59. The SMILES string of the molecule is COc1ccc(/C=C/C(=O)c2cccc(O)c2)cc1COc1ccc(F)c(Cl)c1. The van der Waals surface area contributed by atoms with Crippen LogP contribution >= 0.6 is 11.6 Å². The third kappa shape index (κ3) is 5.36. The van der Waals surface area contributed by atoms with Gasteiger partial charge in [0.1, 0.15) is 29.7 Å². The second kappa shape index (κ2) is 9.26. The van der Waals surface area contributed by atoms with Gasteiger partial charge in [-0.25, -0.2) is 4.39 Å². The van der Waals surface area contributed by atoms with E-state index in [1.165, 1.54) is 36.4 Å². The van der Waals surface area contributed by atoms with Gasteiger partial charge in [0.05, 0.1) is 12.1 Å². The molecule has 0 saturated heterocycles. The number of methoxy groups -OCH3 is 1. The highest BCUT2D eigenvalue weighted by atomic mass is 35.5. The summed E-state index contributed by atoms with van der Waals surface area (Å²) in [7, 11) is 1.55. The van der Waals surface area contributed by atoms with E-state index in [0.29, 0.717) is 17.1 Å². The first-order valence-electron chi connectivity index (χ1n) is 8.72. The van der Waals surface area contributed by atoms with Crippen LogP contribution in [0.1, 0.15) is 21.5 Å². The summed E-state index contributed by atoms with van der Waals surface area (Å²) in [6.45, 7) is 0.174. The molecule has 0 aliphatic heterocycles. The predicted octanol–water partition coefficient (Wildman–Crippen LogP) is 5.67. The summed E-state index contributed by atoms with van der Waals surface area (Å²) in [6, 6.07) is 15.7. The molecule has 4 nitrogen and oxygen atoms in total. The number of benzene rings is 3. The van der Waals surface area contributed by atoms with E-state index in [2.05, 4.69) is 0 Å². The molecule has 0 unspecified atom stereocenters. The van der Waals surface area contributed by atoms with Crippen molar-refractivity contribution in [1.29, 1.82) is 0 Å². The summed E-state index contributed by atoms with van der Waals surface area (Å²) in [5, 5.41) is 9.48. The number of halogens is 2. The molecule has 3 rings (SSSR count). The molecule has 0 atom stereocenters. The van der Waals surface area contributed by atoms with Crippen LogP contribution in [-0.4, -0.2) is 18.0 Å². The fourth-order valence-corrected chi connectivity index (χ4v) is 2.84. The minimum absolute atomic E-state index is 0.0170. The zero-order valence-electron chi connectivity index (χ0n) is 15.6. The van der Waals surface area contributed by atoms with Crippen LogP contribution in [-0.2, 0) is 6.61 Å². The first-order chi connectivity index (χ1) is 14.0. The first kappa shape index (κ1) is 20.4. The van der Waals surface area contributed by atoms with Gasteiger partial charge in [-0.1, -0.05) is 35.9 Å². The number of hydrogen-bond donors (Lipinski definition) is 1. The van der Waals surface area contributed by atoms with Gasteiger partial charge >= 0.3 is 0 Å². The van der Waals surface area contributed by atoms with Gasteiger partial charge in [0, 0.05) is 17.2 Å². The Kier molecular flexibility index (Phi) is 6.52. The maximum absolute atomic E-state index is 13.3. The molecule has 3 aromatic carbocycles. The molecule has 0 radical (unpaired) electrons.